The Kier molecular flexibility index (Phi) is 14.6. The first-order chi connectivity index (χ1) is 16.2. The number of carboxylic acids is 1. The van der Waals surface area contributed by atoms with Gasteiger partial charge in [-0.05, 0) is 64.0 Å². The minimum absolute atomic E-state index is 0.0208. The number of ether oxygens (including phenoxy) is 2. The normalized spacial score (nSPS) is 14.6. The first kappa shape index (κ1) is 30.5. The molecule has 188 valence electrons. The number of aromatic nitrogens is 1. The SMILES string of the molecule is C/C=C(\C=C/COC(C)(CC)C(=O)O)OCc1cc(C(/C=C\C(=C/C)[N+](=O)[O-])=C/C)no1.CC. The molecule has 0 aromatic carbocycles. The van der Waals surface area contributed by atoms with Crippen LogP contribution < -0.4 is 0 Å². The lowest BCUT2D eigenvalue weighted by Gasteiger charge is -2.22. The van der Waals surface area contributed by atoms with Gasteiger partial charge in [-0.25, -0.2) is 4.79 Å². The van der Waals surface area contributed by atoms with Gasteiger partial charge in [0.05, 0.1) is 11.5 Å². The number of nitro groups is 1. The lowest BCUT2D eigenvalue weighted by molar-refractivity contribution is -0.419. The topological polar surface area (TPSA) is 125 Å². The van der Waals surface area contributed by atoms with E-state index in [2.05, 4.69) is 5.16 Å². The molecule has 1 unspecified atom stereocenters. The van der Waals surface area contributed by atoms with Crippen molar-refractivity contribution in [3.63, 3.8) is 0 Å². The van der Waals surface area contributed by atoms with Gasteiger partial charge in [-0.1, -0.05) is 38.1 Å². The van der Waals surface area contributed by atoms with E-state index in [1.165, 1.54) is 19.1 Å². The lowest BCUT2D eigenvalue weighted by Crippen LogP contribution is -2.37. The Bertz CT molecular complexity index is 939. The third kappa shape index (κ3) is 9.99. The van der Waals surface area contributed by atoms with Gasteiger partial charge in [0.2, 0.25) is 0 Å². The standard InChI is InChI=1S/C23H30N2O7.C2H6/c1-6-17(12-13-18(7-2)25(28)29)21-15-20(32-24-21)16-30-19(8-3)11-10-14-31-23(5,9-4)22(26)27;1-2/h6-8,10-13,15H,9,14,16H2,1-5H3,(H,26,27);1-2H3/b11-10-,13-12-,17-6+,18-7+,19-8+;. The number of carbonyl (C=O) groups is 1. The minimum Gasteiger partial charge on any atom is -0.486 e. The van der Waals surface area contributed by atoms with Crippen LogP contribution in [0.25, 0.3) is 5.57 Å². The molecule has 1 rings (SSSR count). The summed E-state index contributed by atoms with van der Waals surface area (Å²) in [5.41, 5.74) is -0.0573. The molecule has 1 aromatic heterocycles. The quantitative estimate of drug-likeness (QED) is 0.157. The Morgan fingerprint density at radius 2 is 1.88 bits per heavy atom. The highest BCUT2D eigenvalue weighted by Crippen LogP contribution is 2.19. The number of nitrogens with zero attached hydrogens (tertiary/aromatic N) is 2. The van der Waals surface area contributed by atoms with Gasteiger partial charge in [0.15, 0.2) is 11.4 Å². The summed E-state index contributed by atoms with van der Waals surface area (Å²) in [5, 5.41) is 24.1. The molecule has 0 bridgehead atoms. The van der Waals surface area contributed by atoms with Crippen molar-refractivity contribution in [2.75, 3.05) is 6.61 Å². The lowest BCUT2D eigenvalue weighted by atomic mass is 10.0. The summed E-state index contributed by atoms with van der Waals surface area (Å²) in [5.74, 6) is 0.0179. The zero-order chi connectivity index (χ0) is 26.1. The highest BCUT2D eigenvalue weighted by atomic mass is 16.6. The van der Waals surface area contributed by atoms with Crippen LogP contribution in [-0.2, 0) is 20.9 Å². The van der Waals surface area contributed by atoms with Crippen molar-refractivity contribution in [3.8, 4) is 0 Å². The largest absolute Gasteiger partial charge is 0.486 e. The second-order valence-electron chi connectivity index (χ2n) is 6.81. The fourth-order valence-corrected chi connectivity index (χ4v) is 2.38. The fraction of sp³-hybridized carbons (Fsp3) is 0.440. The van der Waals surface area contributed by atoms with Gasteiger partial charge in [0.1, 0.15) is 18.1 Å². The molecule has 0 aliphatic rings. The van der Waals surface area contributed by atoms with Crippen molar-refractivity contribution in [2.45, 2.75) is 67.1 Å². The van der Waals surface area contributed by atoms with Crippen molar-refractivity contribution in [3.05, 3.63) is 81.6 Å². The number of hydrogen-bond donors (Lipinski definition) is 1. The molecule has 1 heterocycles. The van der Waals surface area contributed by atoms with E-state index in [-0.39, 0.29) is 18.9 Å². The van der Waals surface area contributed by atoms with Gasteiger partial charge < -0.3 is 19.1 Å². The second-order valence-corrected chi connectivity index (χ2v) is 6.81. The van der Waals surface area contributed by atoms with E-state index in [0.717, 1.165) is 0 Å². The molecular formula is C25H36N2O7. The molecule has 0 spiro atoms. The van der Waals surface area contributed by atoms with Gasteiger partial charge >= 0.3 is 5.97 Å². The number of rotatable bonds is 13. The zero-order valence-electron chi connectivity index (χ0n) is 21.0. The summed E-state index contributed by atoms with van der Waals surface area (Å²) >= 11 is 0. The molecular weight excluding hydrogens is 440 g/mol. The average Bonchev–Trinajstić information content (AvgIpc) is 3.30. The summed E-state index contributed by atoms with van der Waals surface area (Å²) in [7, 11) is 0. The Morgan fingerprint density at radius 3 is 2.38 bits per heavy atom. The first-order valence-corrected chi connectivity index (χ1v) is 11.1. The third-order valence-corrected chi connectivity index (χ3v) is 4.68. The number of hydrogen-bond acceptors (Lipinski definition) is 7. The van der Waals surface area contributed by atoms with E-state index in [9.17, 15) is 20.0 Å². The molecule has 9 heteroatoms. The van der Waals surface area contributed by atoms with Gasteiger partial charge in [-0.2, -0.15) is 0 Å². The van der Waals surface area contributed by atoms with Crippen molar-refractivity contribution in [1.29, 1.82) is 0 Å². The summed E-state index contributed by atoms with van der Waals surface area (Å²) < 4.78 is 16.4. The van der Waals surface area contributed by atoms with E-state index >= 15 is 0 Å². The van der Waals surface area contributed by atoms with Gasteiger partial charge in [0, 0.05) is 12.1 Å². The van der Waals surface area contributed by atoms with E-state index < -0.39 is 16.5 Å². The molecule has 0 saturated heterocycles. The molecule has 0 fully saturated rings. The maximum absolute atomic E-state index is 11.2. The summed E-state index contributed by atoms with van der Waals surface area (Å²) in [6, 6.07) is 1.70. The van der Waals surface area contributed by atoms with Crippen LogP contribution in [0.4, 0.5) is 0 Å². The average molecular weight is 477 g/mol. The number of aliphatic carboxylic acids is 1. The molecule has 1 aromatic rings. The predicted octanol–water partition coefficient (Wildman–Crippen LogP) is 6.09. The number of carboxylic acid groups (broad SMARTS) is 1. The smallest absolute Gasteiger partial charge is 0.335 e. The summed E-state index contributed by atoms with van der Waals surface area (Å²) in [4.78, 5) is 21.7. The maximum Gasteiger partial charge on any atom is 0.335 e. The van der Waals surface area contributed by atoms with Gasteiger partial charge in [0.25, 0.3) is 5.70 Å². The zero-order valence-corrected chi connectivity index (χ0v) is 21.0. The summed E-state index contributed by atoms with van der Waals surface area (Å²) in [6.45, 7) is 12.7. The van der Waals surface area contributed by atoms with Crippen molar-refractivity contribution in [1.82, 2.24) is 5.16 Å². The van der Waals surface area contributed by atoms with Crippen LogP contribution in [0.1, 0.15) is 66.3 Å². The van der Waals surface area contributed by atoms with Crippen LogP contribution in [-0.4, -0.2) is 33.4 Å². The Balaban J connectivity index is 0.00000529. The summed E-state index contributed by atoms with van der Waals surface area (Å²) in [6.07, 6.45) is 11.6. The Labute approximate surface area is 201 Å². The maximum atomic E-state index is 11.2. The van der Waals surface area contributed by atoms with Crippen LogP contribution in [0.2, 0.25) is 0 Å². The highest BCUT2D eigenvalue weighted by Gasteiger charge is 2.31. The molecule has 0 radical (unpaired) electrons. The van der Waals surface area contributed by atoms with Crippen LogP contribution >= 0.6 is 0 Å². The highest BCUT2D eigenvalue weighted by molar-refractivity contribution is 5.76. The minimum atomic E-state index is -1.23. The molecule has 1 N–H and O–H groups in total. The van der Waals surface area contributed by atoms with Crippen molar-refractivity contribution < 1.29 is 28.8 Å². The van der Waals surface area contributed by atoms with Gasteiger partial charge in [-0.3, -0.25) is 10.1 Å². The monoisotopic (exact) mass is 476 g/mol. The van der Waals surface area contributed by atoms with E-state index in [0.29, 0.717) is 29.2 Å². The van der Waals surface area contributed by atoms with E-state index in [4.69, 9.17) is 14.0 Å². The van der Waals surface area contributed by atoms with E-state index in [1.54, 1.807) is 64.1 Å². The first-order valence-electron chi connectivity index (χ1n) is 11.1. The van der Waals surface area contributed by atoms with Crippen molar-refractivity contribution in [2.24, 2.45) is 0 Å². The molecule has 34 heavy (non-hydrogen) atoms. The predicted molar refractivity (Wildman–Crippen MR) is 131 cm³/mol. The fourth-order valence-electron chi connectivity index (χ4n) is 2.38. The van der Waals surface area contributed by atoms with Gasteiger partial charge in [-0.15, -0.1) is 0 Å². The van der Waals surface area contributed by atoms with Crippen LogP contribution in [0, 0.1) is 10.1 Å². The molecule has 0 amide bonds. The van der Waals surface area contributed by atoms with E-state index in [1.807, 2.05) is 13.8 Å². The molecule has 0 aliphatic carbocycles. The van der Waals surface area contributed by atoms with Crippen LogP contribution in [0.5, 0.6) is 0 Å². The van der Waals surface area contributed by atoms with Crippen LogP contribution in [0.15, 0.2) is 64.6 Å². The van der Waals surface area contributed by atoms with Crippen LogP contribution in [0.3, 0.4) is 0 Å². The molecule has 1 atom stereocenters. The molecule has 0 aliphatic heterocycles. The Morgan fingerprint density at radius 1 is 1.21 bits per heavy atom. The third-order valence-electron chi connectivity index (χ3n) is 4.68. The van der Waals surface area contributed by atoms with Crippen molar-refractivity contribution >= 4 is 11.5 Å². The molecule has 0 saturated carbocycles. The second kappa shape index (κ2) is 16.2. The Hall–Kier alpha value is -3.46. The number of allylic oxidation sites excluding steroid dienone is 7. The molecule has 9 nitrogen and oxygen atoms in total.